The van der Waals surface area contributed by atoms with Gasteiger partial charge >= 0.3 is 0 Å². The molecule has 4 rings (SSSR count). The largest absolute Gasteiger partial charge is 0.399 e. The number of nitrogen functional groups attached to an aromatic ring is 1. The van der Waals surface area contributed by atoms with E-state index in [0.29, 0.717) is 33.5 Å². The van der Waals surface area contributed by atoms with E-state index in [-0.39, 0.29) is 5.56 Å². The number of benzene rings is 2. The summed E-state index contributed by atoms with van der Waals surface area (Å²) in [6.45, 7) is 2.48. The van der Waals surface area contributed by atoms with Gasteiger partial charge < -0.3 is 10.3 Å². The van der Waals surface area contributed by atoms with Crippen LogP contribution in [0, 0.1) is 6.92 Å². The third kappa shape index (κ3) is 3.20. The molecule has 0 atom stereocenters. The van der Waals surface area contributed by atoms with Gasteiger partial charge in [-0.05, 0) is 30.7 Å². The van der Waals surface area contributed by atoms with Crippen LogP contribution in [-0.4, -0.2) is 14.3 Å². The number of anilines is 1. The summed E-state index contributed by atoms with van der Waals surface area (Å²) >= 11 is 12.7. The summed E-state index contributed by atoms with van der Waals surface area (Å²) in [5.41, 5.74) is 10.3. The lowest BCUT2D eigenvalue weighted by atomic mass is 10.1. The molecule has 0 amide bonds. The van der Waals surface area contributed by atoms with Gasteiger partial charge in [0, 0.05) is 11.8 Å². The van der Waals surface area contributed by atoms with Crippen molar-refractivity contribution in [2.45, 2.75) is 13.5 Å². The van der Waals surface area contributed by atoms with Crippen molar-refractivity contribution in [1.29, 1.82) is 0 Å². The Kier molecular flexibility index (Phi) is 4.42. The maximum absolute atomic E-state index is 12.5. The van der Waals surface area contributed by atoms with Crippen LogP contribution in [0.25, 0.3) is 16.7 Å². The smallest absolute Gasteiger partial charge is 0.251 e. The van der Waals surface area contributed by atoms with E-state index in [0.717, 1.165) is 11.1 Å². The number of nitrogens with two attached hydrogens (primary N) is 1. The summed E-state index contributed by atoms with van der Waals surface area (Å²) in [5, 5.41) is 5.20. The third-order valence-corrected chi connectivity index (χ3v) is 5.02. The number of pyridine rings is 1. The minimum atomic E-state index is -0.0999. The summed E-state index contributed by atoms with van der Waals surface area (Å²) in [6.07, 6.45) is 1.65. The maximum Gasteiger partial charge on any atom is 0.251 e. The molecule has 4 aromatic rings. The Labute approximate surface area is 165 Å². The fourth-order valence-electron chi connectivity index (χ4n) is 3.08. The van der Waals surface area contributed by atoms with Gasteiger partial charge in [-0.15, -0.1) is 0 Å². The van der Waals surface area contributed by atoms with Gasteiger partial charge in [0.15, 0.2) is 0 Å². The van der Waals surface area contributed by atoms with Crippen LogP contribution < -0.4 is 11.3 Å². The molecule has 0 aliphatic rings. The van der Waals surface area contributed by atoms with E-state index in [9.17, 15) is 4.79 Å². The number of hydrogen-bond acceptors (Lipinski definition) is 3. The molecule has 0 saturated carbocycles. The van der Waals surface area contributed by atoms with Crippen molar-refractivity contribution in [3.8, 4) is 5.69 Å². The average Bonchev–Trinajstić information content (AvgIpc) is 3.02. The third-order valence-electron chi connectivity index (χ3n) is 4.44. The Morgan fingerprint density at radius 1 is 1.00 bits per heavy atom. The molecule has 0 radical (unpaired) electrons. The fourth-order valence-corrected chi connectivity index (χ4v) is 3.74. The summed E-state index contributed by atoms with van der Waals surface area (Å²) in [6, 6.07) is 14.6. The quantitative estimate of drug-likeness (QED) is 0.519. The minimum Gasteiger partial charge on any atom is -0.399 e. The van der Waals surface area contributed by atoms with E-state index in [1.807, 2.05) is 31.2 Å². The van der Waals surface area contributed by atoms with Gasteiger partial charge in [0.25, 0.3) is 5.56 Å². The Morgan fingerprint density at radius 2 is 1.67 bits per heavy atom. The normalized spacial score (nSPS) is 11.2. The van der Waals surface area contributed by atoms with E-state index < -0.39 is 0 Å². The Morgan fingerprint density at radius 3 is 2.33 bits per heavy atom. The van der Waals surface area contributed by atoms with Crippen LogP contribution in [0.2, 0.25) is 10.0 Å². The maximum atomic E-state index is 12.5. The molecule has 27 heavy (non-hydrogen) atoms. The second kappa shape index (κ2) is 6.76. The summed E-state index contributed by atoms with van der Waals surface area (Å²) in [7, 11) is 0. The molecule has 0 saturated heterocycles. The zero-order valence-electron chi connectivity index (χ0n) is 14.5. The van der Waals surface area contributed by atoms with Crippen LogP contribution in [0.5, 0.6) is 0 Å². The number of fused-ring (bicyclic) bond motifs is 1. The van der Waals surface area contributed by atoms with Gasteiger partial charge in [0.2, 0.25) is 0 Å². The summed E-state index contributed by atoms with van der Waals surface area (Å²) < 4.78 is 3.31. The monoisotopic (exact) mass is 398 g/mol. The first-order valence-electron chi connectivity index (χ1n) is 8.32. The van der Waals surface area contributed by atoms with E-state index in [1.165, 1.54) is 11.6 Å². The van der Waals surface area contributed by atoms with Crippen LogP contribution in [-0.2, 0) is 6.54 Å². The van der Waals surface area contributed by atoms with Crippen LogP contribution >= 0.6 is 23.2 Å². The molecule has 0 aliphatic heterocycles. The first-order valence-corrected chi connectivity index (χ1v) is 9.07. The standard InChI is InChI=1S/C20H16Cl2N4O/c1-12-2-4-13(5-3-12)11-25-18-10-24-26(17(18)6-7-19(25)27)20-15(21)8-14(23)9-16(20)22/h2-10H,11,23H2,1H3. The molecule has 136 valence electrons. The van der Waals surface area contributed by atoms with Gasteiger partial charge in [-0.3, -0.25) is 4.79 Å². The van der Waals surface area contributed by atoms with Crippen molar-refractivity contribution >= 4 is 39.9 Å². The van der Waals surface area contributed by atoms with Gasteiger partial charge in [-0.25, -0.2) is 4.68 Å². The van der Waals surface area contributed by atoms with Gasteiger partial charge in [-0.2, -0.15) is 5.10 Å². The molecule has 7 heteroatoms. The highest BCUT2D eigenvalue weighted by Gasteiger charge is 2.16. The van der Waals surface area contributed by atoms with Crippen molar-refractivity contribution < 1.29 is 0 Å². The summed E-state index contributed by atoms with van der Waals surface area (Å²) in [4.78, 5) is 12.5. The van der Waals surface area contributed by atoms with Gasteiger partial charge in [0.05, 0.1) is 33.8 Å². The van der Waals surface area contributed by atoms with Crippen LogP contribution in [0.3, 0.4) is 0 Å². The lowest BCUT2D eigenvalue weighted by Gasteiger charge is -2.11. The molecule has 2 N–H and O–H groups in total. The van der Waals surface area contributed by atoms with Crippen molar-refractivity contribution in [2.75, 3.05) is 5.73 Å². The lowest BCUT2D eigenvalue weighted by Crippen LogP contribution is -2.19. The average molecular weight is 399 g/mol. The molecule has 0 unspecified atom stereocenters. The number of hydrogen-bond donors (Lipinski definition) is 1. The first-order chi connectivity index (χ1) is 12.9. The number of rotatable bonds is 3. The second-order valence-corrected chi connectivity index (χ2v) is 7.22. The van der Waals surface area contributed by atoms with Crippen molar-refractivity contribution in [1.82, 2.24) is 14.3 Å². The van der Waals surface area contributed by atoms with Crippen LogP contribution in [0.1, 0.15) is 11.1 Å². The molecular formula is C20H16Cl2N4O. The zero-order chi connectivity index (χ0) is 19.1. The molecule has 0 bridgehead atoms. The molecule has 5 nitrogen and oxygen atoms in total. The molecule has 0 aliphatic carbocycles. The number of nitrogens with zero attached hydrogens (tertiary/aromatic N) is 3. The van der Waals surface area contributed by atoms with E-state index >= 15 is 0 Å². The molecule has 2 aromatic carbocycles. The van der Waals surface area contributed by atoms with Crippen LogP contribution in [0.4, 0.5) is 5.69 Å². The highest BCUT2D eigenvalue weighted by atomic mass is 35.5. The van der Waals surface area contributed by atoms with Crippen molar-refractivity contribution in [3.05, 3.63) is 86.3 Å². The predicted octanol–water partition coefficient (Wildman–Crippen LogP) is 4.43. The second-order valence-electron chi connectivity index (χ2n) is 6.40. The number of halogens is 2. The Balaban J connectivity index is 1.88. The van der Waals surface area contributed by atoms with Crippen molar-refractivity contribution in [3.63, 3.8) is 0 Å². The van der Waals surface area contributed by atoms with E-state index in [2.05, 4.69) is 5.10 Å². The van der Waals surface area contributed by atoms with Gasteiger partial charge in [0.1, 0.15) is 5.69 Å². The fraction of sp³-hybridized carbons (Fsp3) is 0.100. The number of aryl methyl sites for hydroxylation is 1. The Hall–Kier alpha value is -2.76. The van der Waals surface area contributed by atoms with Gasteiger partial charge in [-0.1, -0.05) is 53.0 Å². The molecule has 2 aromatic heterocycles. The molecule has 0 fully saturated rings. The number of aromatic nitrogens is 3. The Bertz CT molecular complexity index is 1190. The van der Waals surface area contributed by atoms with E-state index in [1.54, 1.807) is 33.6 Å². The zero-order valence-corrected chi connectivity index (χ0v) is 16.0. The molecule has 2 heterocycles. The minimum absolute atomic E-state index is 0.0999. The van der Waals surface area contributed by atoms with Crippen LogP contribution in [0.15, 0.2) is 59.5 Å². The molecule has 0 spiro atoms. The SMILES string of the molecule is Cc1ccc(Cn2c(=O)ccc3c2cnn3-c2c(Cl)cc(N)cc2Cl)cc1. The highest BCUT2D eigenvalue weighted by Crippen LogP contribution is 2.32. The lowest BCUT2D eigenvalue weighted by molar-refractivity contribution is 0.794. The van der Waals surface area contributed by atoms with E-state index in [4.69, 9.17) is 28.9 Å². The highest BCUT2D eigenvalue weighted by molar-refractivity contribution is 6.38. The topological polar surface area (TPSA) is 65.8 Å². The molecular weight excluding hydrogens is 383 g/mol. The first kappa shape index (κ1) is 17.6. The summed E-state index contributed by atoms with van der Waals surface area (Å²) in [5.74, 6) is 0. The van der Waals surface area contributed by atoms with Crippen molar-refractivity contribution in [2.24, 2.45) is 0 Å². The predicted molar refractivity (Wildman–Crippen MR) is 110 cm³/mol.